The smallest absolute Gasteiger partial charge is 0.246 e. The first-order valence-electron chi connectivity index (χ1n) is 13.5. The Labute approximate surface area is 228 Å². The van der Waals surface area contributed by atoms with Gasteiger partial charge in [-0.1, -0.05) is 0 Å². The van der Waals surface area contributed by atoms with Gasteiger partial charge in [0.25, 0.3) is 0 Å². The first-order valence-corrected chi connectivity index (χ1v) is 14.4. The molecule has 2 N–H and O–H groups in total. The second kappa shape index (κ2) is 12.4. The summed E-state index contributed by atoms with van der Waals surface area (Å²) in [5.41, 5.74) is 0.668. The molecule has 1 aromatic carbocycles. The highest BCUT2D eigenvalue weighted by atomic mass is 32.1. The van der Waals surface area contributed by atoms with Crippen molar-refractivity contribution in [3.63, 3.8) is 0 Å². The fourth-order valence-corrected chi connectivity index (χ4v) is 6.27. The number of halogens is 1. The highest BCUT2D eigenvalue weighted by Gasteiger charge is 2.41. The van der Waals surface area contributed by atoms with Gasteiger partial charge in [-0.25, -0.2) is 9.37 Å². The third kappa shape index (κ3) is 6.30. The molecule has 2 aliphatic rings. The molecule has 3 heterocycles. The number of nitrogens with zero attached hydrogens (tertiary/aromatic N) is 3. The van der Waals surface area contributed by atoms with Crippen LogP contribution in [0.3, 0.4) is 0 Å². The Kier molecular flexibility index (Phi) is 9.27. The fraction of sp³-hybridized carbons (Fsp3) is 0.571. The maximum Gasteiger partial charge on any atom is 0.246 e. The van der Waals surface area contributed by atoms with Crippen LogP contribution in [0.2, 0.25) is 0 Å². The van der Waals surface area contributed by atoms with E-state index >= 15 is 0 Å². The van der Waals surface area contributed by atoms with Crippen LogP contribution in [0.5, 0.6) is 0 Å². The molecule has 3 atom stereocenters. The highest BCUT2D eigenvalue weighted by Crippen LogP contribution is 2.36. The summed E-state index contributed by atoms with van der Waals surface area (Å²) < 4.78 is 13.3. The number of likely N-dealkylation sites (tertiary alicyclic amines) is 2. The van der Waals surface area contributed by atoms with Crippen molar-refractivity contribution in [2.45, 2.75) is 70.6 Å². The van der Waals surface area contributed by atoms with Crippen molar-refractivity contribution in [2.24, 2.45) is 5.92 Å². The zero-order chi connectivity index (χ0) is 27.4. The van der Waals surface area contributed by atoms with Crippen LogP contribution in [-0.4, -0.2) is 77.2 Å². The van der Waals surface area contributed by atoms with Gasteiger partial charge in [0, 0.05) is 23.5 Å². The topological polar surface area (TPSA) is 94.6 Å². The molecule has 0 aliphatic carbocycles. The first kappa shape index (κ1) is 28.3. The molecule has 206 valence electrons. The monoisotopic (exact) mass is 543 g/mol. The average molecular weight is 544 g/mol. The van der Waals surface area contributed by atoms with E-state index in [1.165, 1.54) is 35.6 Å². The molecule has 2 amide bonds. The molecule has 0 unspecified atom stereocenters. The van der Waals surface area contributed by atoms with Gasteiger partial charge in [0.2, 0.25) is 17.6 Å². The lowest BCUT2D eigenvalue weighted by Crippen LogP contribution is -2.57. The molecule has 1 aromatic heterocycles. The molecule has 2 fully saturated rings. The highest BCUT2D eigenvalue weighted by molar-refractivity contribution is 7.10. The van der Waals surface area contributed by atoms with Gasteiger partial charge in [-0.3, -0.25) is 14.4 Å². The lowest BCUT2D eigenvalue weighted by Gasteiger charge is -2.39. The SMILES string of the molecule is CN[C@@H](C)C(=O)N[C@H](C(=O)N1CCC[C@H]1c1nc(C(=O)c2ccc(F)cc2)cs1)C1CCN(C(C)C)CC1. The number of carbonyl (C=O) groups is 3. The van der Waals surface area contributed by atoms with E-state index in [0.717, 1.165) is 38.8 Å². The van der Waals surface area contributed by atoms with Crippen LogP contribution in [0.25, 0.3) is 0 Å². The van der Waals surface area contributed by atoms with E-state index in [1.807, 2.05) is 4.90 Å². The number of piperidine rings is 1. The summed E-state index contributed by atoms with van der Waals surface area (Å²) in [7, 11) is 1.73. The minimum atomic E-state index is -0.603. The van der Waals surface area contributed by atoms with E-state index in [2.05, 4.69) is 34.4 Å². The van der Waals surface area contributed by atoms with Gasteiger partial charge in [0.1, 0.15) is 22.6 Å². The Bertz CT molecular complexity index is 1130. The van der Waals surface area contributed by atoms with Crippen molar-refractivity contribution >= 4 is 28.9 Å². The summed E-state index contributed by atoms with van der Waals surface area (Å²) in [5, 5.41) is 8.45. The van der Waals surface area contributed by atoms with Crippen LogP contribution in [-0.2, 0) is 9.59 Å². The molecule has 4 rings (SSSR count). The normalized spacial score (nSPS) is 20.5. The van der Waals surface area contributed by atoms with E-state index in [-0.39, 0.29) is 29.6 Å². The number of ketones is 1. The van der Waals surface area contributed by atoms with Crippen LogP contribution in [0.15, 0.2) is 29.6 Å². The average Bonchev–Trinajstić information content (AvgIpc) is 3.61. The minimum Gasteiger partial charge on any atom is -0.343 e. The molecule has 10 heteroatoms. The standard InChI is InChI=1S/C28H38FN5O3S/c1-17(2)33-14-11-19(12-15-33)24(32-26(36)18(3)30-4)28(37)34-13-5-6-23(34)27-31-22(16-38-27)25(35)20-7-9-21(29)10-8-20/h7-10,16-19,23-24,30H,5-6,11-15H2,1-4H3,(H,32,36)/t18-,23-,24-/m0/s1. The van der Waals surface area contributed by atoms with Crippen molar-refractivity contribution in [1.82, 2.24) is 25.4 Å². The molecular formula is C28H38FN5O3S. The molecule has 38 heavy (non-hydrogen) atoms. The summed E-state index contributed by atoms with van der Waals surface area (Å²) in [6.45, 7) is 8.52. The largest absolute Gasteiger partial charge is 0.343 e. The van der Waals surface area contributed by atoms with Gasteiger partial charge >= 0.3 is 0 Å². The quantitative estimate of drug-likeness (QED) is 0.471. The van der Waals surface area contributed by atoms with Gasteiger partial charge in [0.15, 0.2) is 0 Å². The third-order valence-electron chi connectivity index (χ3n) is 7.85. The zero-order valence-electron chi connectivity index (χ0n) is 22.6. The molecule has 8 nitrogen and oxygen atoms in total. The zero-order valence-corrected chi connectivity index (χ0v) is 23.4. The number of likely N-dealkylation sites (N-methyl/N-ethyl adjacent to an activating group) is 1. The summed E-state index contributed by atoms with van der Waals surface area (Å²) in [4.78, 5) is 48.7. The van der Waals surface area contributed by atoms with Crippen molar-refractivity contribution in [2.75, 3.05) is 26.7 Å². The molecule has 0 spiro atoms. The molecular weight excluding hydrogens is 505 g/mol. The lowest BCUT2D eigenvalue weighted by atomic mass is 9.87. The van der Waals surface area contributed by atoms with Crippen molar-refractivity contribution < 1.29 is 18.8 Å². The predicted molar refractivity (Wildman–Crippen MR) is 146 cm³/mol. The molecule has 2 saturated heterocycles. The van der Waals surface area contributed by atoms with Crippen molar-refractivity contribution in [1.29, 1.82) is 0 Å². The van der Waals surface area contributed by atoms with E-state index in [4.69, 9.17) is 0 Å². The number of carbonyl (C=O) groups excluding carboxylic acids is 3. The number of amides is 2. The van der Waals surface area contributed by atoms with Gasteiger partial charge in [-0.15, -0.1) is 11.3 Å². The maximum atomic E-state index is 14.0. The van der Waals surface area contributed by atoms with Crippen LogP contribution in [0.4, 0.5) is 4.39 Å². The molecule has 2 aromatic rings. The van der Waals surface area contributed by atoms with Gasteiger partial charge < -0.3 is 20.4 Å². The fourth-order valence-electron chi connectivity index (χ4n) is 5.32. The number of nitrogens with one attached hydrogen (secondary N) is 2. The first-order chi connectivity index (χ1) is 18.2. The van der Waals surface area contributed by atoms with E-state index in [9.17, 15) is 18.8 Å². The molecule has 0 radical (unpaired) electrons. The van der Waals surface area contributed by atoms with Crippen LogP contribution < -0.4 is 10.6 Å². The number of hydrogen-bond donors (Lipinski definition) is 2. The molecule has 2 aliphatic heterocycles. The van der Waals surface area contributed by atoms with Gasteiger partial charge in [0.05, 0.1) is 12.1 Å². The second-order valence-electron chi connectivity index (χ2n) is 10.6. The Balaban J connectivity index is 1.52. The number of thiazole rings is 1. The van der Waals surface area contributed by atoms with Crippen LogP contribution in [0.1, 0.15) is 73.6 Å². The van der Waals surface area contributed by atoms with E-state index < -0.39 is 17.9 Å². The predicted octanol–water partition coefficient (Wildman–Crippen LogP) is 3.39. The number of benzene rings is 1. The number of hydrogen-bond acceptors (Lipinski definition) is 7. The Hall–Kier alpha value is -2.69. The van der Waals surface area contributed by atoms with Crippen molar-refractivity contribution in [3.05, 3.63) is 51.7 Å². The Morgan fingerprint density at radius 2 is 1.74 bits per heavy atom. The number of rotatable bonds is 9. The second-order valence-corrected chi connectivity index (χ2v) is 11.5. The molecule has 0 bridgehead atoms. The lowest BCUT2D eigenvalue weighted by molar-refractivity contribution is -0.139. The summed E-state index contributed by atoms with van der Waals surface area (Å²) in [6.07, 6.45) is 3.27. The van der Waals surface area contributed by atoms with Crippen LogP contribution in [0, 0.1) is 11.7 Å². The summed E-state index contributed by atoms with van der Waals surface area (Å²) in [6, 6.07) is 4.61. The Morgan fingerprint density at radius 3 is 2.37 bits per heavy atom. The van der Waals surface area contributed by atoms with Gasteiger partial charge in [-0.2, -0.15) is 0 Å². The van der Waals surface area contributed by atoms with Crippen molar-refractivity contribution in [3.8, 4) is 0 Å². The number of aromatic nitrogens is 1. The third-order valence-corrected chi connectivity index (χ3v) is 8.79. The van der Waals surface area contributed by atoms with E-state index in [0.29, 0.717) is 28.9 Å². The van der Waals surface area contributed by atoms with Gasteiger partial charge in [-0.05, 0) is 96.8 Å². The summed E-state index contributed by atoms with van der Waals surface area (Å²) in [5.74, 6) is -0.880. The van der Waals surface area contributed by atoms with E-state index in [1.54, 1.807) is 19.4 Å². The Morgan fingerprint density at radius 1 is 1.05 bits per heavy atom. The maximum absolute atomic E-state index is 14.0. The summed E-state index contributed by atoms with van der Waals surface area (Å²) >= 11 is 1.36. The minimum absolute atomic E-state index is 0.0543. The van der Waals surface area contributed by atoms with Crippen LogP contribution >= 0.6 is 11.3 Å². The molecule has 0 saturated carbocycles.